The molecule has 0 N–H and O–H groups in total. The molecule has 1 aromatic heterocycles. The Balaban J connectivity index is 1.60. The molecule has 1 fully saturated rings. The van der Waals surface area contributed by atoms with Gasteiger partial charge in [0.25, 0.3) is 0 Å². The van der Waals surface area contributed by atoms with Crippen molar-refractivity contribution in [3.05, 3.63) is 57.5 Å². The van der Waals surface area contributed by atoms with Gasteiger partial charge in [-0.15, -0.1) is 0 Å². The van der Waals surface area contributed by atoms with Crippen LogP contribution in [-0.4, -0.2) is 36.0 Å². The summed E-state index contributed by atoms with van der Waals surface area (Å²) in [6.45, 7) is 4.49. The van der Waals surface area contributed by atoms with E-state index in [0.717, 1.165) is 38.4 Å². The maximum absolute atomic E-state index is 11.0. The first-order valence-electron chi connectivity index (χ1n) is 6.97. The van der Waals surface area contributed by atoms with Crippen molar-refractivity contribution in [1.29, 1.82) is 0 Å². The van der Waals surface area contributed by atoms with Crippen LogP contribution < -0.4 is 4.90 Å². The zero-order valence-corrected chi connectivity index (χ0v) is 12.5. The molecule has 5 nitrogen and oxygen atoms in total. The smallest absolute Gasteiger partial charge is 0.347 e. The second-order valence-corrected chi connectivity index (χ2v) is 6.01. The number of hydrogen-bond donors (Lipinski definition) is 0. The highest BCUT2D eigenvalue weighted by Gasteiger charge is 2.24. The molecule has 0 atom stereocenters. The molecule has 21 heavy (non-hydrogen) atoms. The fraction of sp³-hybridized carbons (Fsp3) is 0.333. The quantitative estimate of drug-likeness (QED) is 0.643. The number of nitro groups is 1. The molecule has 6 heteroatoms. The number of thiophene rings is 1. The van der Waals surface area contributed by atoms with Crippen LogP contribution in [0.25, 0.3) is 0 Å². The van der Waals surface area contributed by atoms with Crippen LogP contribution in [0, 0.1) is 10.1 Å². The van der Waals surface area contributed by atoms with Gasteiger partial charge in [-0.25, -0.2) is 0 Å². The minimum absolute atomic E-state index is 0.256. The van der Waals surface area contributed by atoms with E-state index in [1.54, 1.807) is 5.38 Å². The Hall–Kier alpha value is -1.92. The summed E-state index contributed by atoms with van der Waals surface area (Å²) in [6, 6.07) is 12.3. The van der Waals surface area contributed by atoms with E-state index < -0.39 is 0 Å². The van der Waals surface area contributed by atoms with Gasteiger partial charge in [0.05, 0.1) is 4.92 Å². The Kier molecular flexibility index (Phi) is 4.17. The Morgan fingerprint density at radius 2 is 1.81 bits per heavy atom. The van der Waals surface area contributed by atoms with Crippen LogP contribution in [0.4, 0.5) is 10.7 Å². The predicted molar refractivity (Wildman–Crippen MR) is 84.9 cm³/mol. The molecule has 0 amide bonds. The molecule has 0 spiro atoms. The average molecular weight is 303 g/mol. The van der Waals surface area contributed by atoms with E-state index >= 15 is 0 Å². The lowest BCUT2D eigenvalue weighted by atomic mass is 10.2. The van der Waals surface area contributed by atoms with Crippen LogP contribution in [0.2, 0.25) is 0 Å². The zero-order chi connectivity index (χ0) is 14.7. The monoisotopic (exact) mass is 303 g/mol. The van der Waals surface area contributed by atoms with E-state index in [-0.39, 0.29) is 9.92 Å². The highest BCUT2D eigenvalue weighted by molar-refractivity contribution is 7.14. The van der Waals surface area contributed by atoms with Crippen LogP contribution in [0.15, 0.2) is 41.8 Å². The summed E-state index contributed by atoms with van der Waals surface area (Å²) in [5, 5.41) is 13.1. The van der Waals surface area contributed by atoms with Gasteiger partial charge < -0.3 is 4.90 Å². The van der Waals surface area contributed by atoms with Crippen molar-refractivity contribution in [3.63, 3.8) is 0 Å². The van der Waals surface area contributed by atoms with Gasteiger partial charge in [0.15, 0.2) is 0 Å². The van der Waals surface area contributed by atoms with Gasteiger partial charge in [-0.05, 0) is 17.0 Å². The molecule has 110 valence electrons. The summed E-state index contributed by atoms with van der Waals surface area (Å²) in [4.78, 5) is 15.2. The summed E-state index contributed by atoms with van der Waals surface area (Å²) in [7, 11) is 0. The number of benzene rings is 1. The lowest BCUT2D eigenvalue weighted by molar-refractivity contribution is -0.379. The van der Waals surface area contributed by atoms with Crippen molar-refractivity contribution in [2.24, 2.45) is 0 Å². The number of nitrogens with zero attached hydrogens (tertiary/aromatic N) is 3. The van der Waals surface area contributed by atoms with Gasteiger partial charge in [0.1, 0.15) is 5.69 Å². The third kappa shape index (κ3) is 3.22. The van der Waals surface area contributed by atoms with Crippen molar-refractivity contribution in [2.75, 3.05) is 31.1 Å². The minimum Gasteiger partial charge on any atom is -0.363 e. The maximum atomic E-state index is 11.0. The molecule has 0 unspecified atom stereocenters. The molecule has 1 aromatic carbocycles. The van der Waals surface area contributed by atoms with Gasteiger partial charge in [-0.3, -0.25) is 15.0 Å². The summed E-state index contributed by atoms with van der Waals surface area (Å²) in [5.74, 6) is 0. The van der Waals surface area contributed by atoms with Gasteiger partial charge in [0, 0.05) is 32.7 Å². The van der Waals surface area contributed by atoms with E-state index in [1.807, 2.05) is 12.1 Å². The number of hydrogen-bond acceptors (Lipinski definition) is 5. The summed E-state index contributed by atoms with van der Waals surface area (Å²) in [5.41, 5.74) is 2.08. The molecule has 0 saturated carbocycles. The van der Waals surface area contributed by atoms with Crippen LogP contribution in [0.1, 0.15) is 5.56 Å². The normalized spacial score (nSPS) is 16.1. The molecule has 1 aliphatic heterocycles. The predicted octanol–water partition coefficient (Wildman–Crippen LogP) is 2.98. The number of rotatable bonds is 4. The molecule has 0 aliphatic carbocycles. The fourth-order valence-electron chi connectivity index (χ4n) is 2.66. The van der Waals surface area contributed by atoms with Crippen LogP contribution >= 0.6 is 11.3 Å². The Bertz CT molecular complexity index is 606. The molecule has 0 bridgehead atoms. The summed E-state index contributed by atoms with van der Waals surface area (Å²) >= 11 is 1.20. The summed E-state index contributed by atoms with van der Waals surface area (Å²) < 4.78 is 0. The summed E-state index contributed by atoms with van der Waals surface area (Å²) in [6.07, 6.45) is 0. The van der Waals surface area contributed by atoms with Gasteiger partial charge in [0.2, 0.25) is 0 Å². The number of piperazine rings is 1. The van der Waals surface area contributed by atoms with Crippen LogP contribution in [0.5, 0.6) is 0 Å². The molecule has 1 aliphatic rings. The first-order valence-corrected chi connectivity index (χ1v) is 7.85. The standard InChI is InChI=1S/C15H17N3O2S/c19-18(20)15-14(6-11-21-15)17-9-7-16(8-10-17)12-13-4-2-1-3-5-13/h1-6,11H,7-10,12H2. The van der Waals surface area contributed by atoms with Crippen LogP contribution in [-0.2, 0) is 6.54 Å². The van der Waals surface area contributed by atoms with E-state index in [0.29, 0.717) is 0 Å². The van der Waals surface area contributed by atoms with Crippen molar-refractivity contribution < 1.29 is 4.92 Å². The fourth-order valence-corrected chi connectivity index (χ4v) is 3.39. The second kappa shape index (κ2) is 6.24. The van der Waals surface area contributed by atoms with E-state index in [4.69, 9.17) is 0 Å². The van der Waals surface area contributed by atoms with Gasteiger partial charge in [-0.2, -0.15) is 0 Å². The molecule has 2 heterocycles. The largest absolute Gasteiger partial charge is 0.363 e. The van der Waals surface area contributed by atoms with E-state index in [9.17, 15) is 10.1 Å². The maximum Gasteiger partial charge on any atom is 0.347 e. The van der Waals surface area contributed by atoms with Gasteiger partial charge in [-0.1, -0.05) is 41.7 Å². The van der Waals surface area contributed by atoms with Crippen LogP contribution in [0.3, 0.4) is 0 Å². The Morgan fingerprint density at radius 3 is 2.48 bits per heavy atom. The topological polar surface area (TPSA) is 49.6 Å². The number of anilines is 1. The minimum atomic E-state index is -0.281. The van der Waals surface area contributed by atoms with Gasteiger partial charge >= 0.3 is 5.00 Å². The highest BCUT2D eigenvalue weighted by Crippen LogP contribution is 2.34. The average Bonchev–Trinajstić information content (AvgIpc) is 2.99. The first-order chi connectivity index (χ1) is 10.2. The third-order valence-corrected chi connectivity index (χ3v) is 4.61. The lowest BCUT2D eigenvalue weighted by Gasteiger charge is -2.35. The molecular formula is C15H17N3O2S. The van der Waals surface area contributed by atoms with Crippen molar-refractivity contribution >= 4 is 22.0 Å². The molecule has 0 radical (unpaired) electrons. The first kappa shape index (κ1) is 14.0. The second-order valence-electron chi connectivity index (χ2n) is 5.12. The van der Waals surface area contributed by atoms with Crippen molar-refractivity contribution in [3.8, 4) is 0 Å². The molecule has 1 saturated heterocycles. The van der Waals surface area contributed by atoms with Crippen molar-refractivity contribution in [1.82, 2.24) is 4.90 Å². The Morgan fingerprint density at radius 1 is 1.10 bits per heavy atom. The highest BCUT2D eigenvalue weighted by atomic mass is 32.1. The third-order valence-electron chi connectivity index (χ3n) is 3.75. The van der Waals surface area contributed by atoms with E-state index in [2.05, 4.69) is 34.1 Å². The van der Waals surface area contributed by atoms with E-state index in [1.165, 1.54) is 16.9 Å². The zero-order valence-electron chi connectivity index (χ0n) is 11.6. The Labute approximate surface area is 127 Å². The lowest BCUT2D eigenvalue weighted by Crippen LogP contribution is -2.46. The SMILES string of the molecule is O=[N+]([O-])c1sccc1N1CCN(Cc2ccccc2)CC1. The molecule has 2 aromatic rings. The molecule has 3 rings (SSSR count). The van der Waals surface area contributed by atoms with Crippen molar-refractivity contribution in [2.45, 2.75) is 6.54 Å². The molecular weight excluding hydrogens is 286 g/mol.